The molecule has 3 heterocycles. The number of hydrogen-bond donors (Lipinski definition) is 2. The highest BCUT2D eigenvalue weighted by molar-refractivity contribution is 7.19. The van der Waals surface area contributed by atoms with Crippen LogP contribution in [0.3, 0.4) is 0 Å². The predicted octanol–water partition coefficient (Wildman–Crippen LogP) is 2.64. The monoisotopic (exact) mass is 356 g/mol. The molecule has 6 nitrogen and oxygen atoms in total. The number of nitrogens with zero attached hydrogens (tertiary/aromatic N) is 2. The highest BCUT2D eigenvalue weighted by Crippen LogP contribution is 2.37. The Morgan fingerprint density at radius 2 is 2.12 bits per heavy atom. The van der Waals surface area contributed by atoms with Crippen LogP contribution in [0.2, 0.25) is 0 Å². The Kier molecular flexibility index (Phi) is 3.87. The van der Waals surface area contributed by atoms with Crippen LogP contribution in [-0.2, 0) is 24.3 Å². The zero-order valence-electron chi connectivity index (χ0n) is 14.2. The first-order valence-corrected chi connectivity index (χ1v) is 9.00. The summed E-state index contributed by atoms with van der Waals surface area (Å²) in [6.07, 6.45) is 0.738. The molecule has 0 spiro atoms. The molecular weight excluding hydrogens is 336 g/mol. The van der Waals surface area contributed by atoms with Gasteiger partial charge in [-0.15, -0.1) is 11.3 Å². The Morgan fingerprint density at radius 3 is 2.84 bits per heavy atom. The van der Waals surface area contributed by atoms with Crippen LogP contribution in [-0.4, -0.2) is 15.2 Å². The van der Waals surface area contributed by atoms with Crippen molar-refractivity contribution < 1.29 is 4.74 Å². The van der Waals surface area contributed by atoms with Crippen LogP contribution in [0.25, 0.3) is 10.2 Å². The Balaban J connectivity index is 1.89. The normalized spacial score (nSPS) is 16.0. The van der Waals surface area contributed by atoms with Crippen molar-refractivity contribution >= 4 is 27.5 Å². The highest BCUT2D eigenvalue weighted by atomic mass is 32.1. The van der Waals surface area contributed by atoms with Crippen molar-refractivity contribution in [3.05, 3.63) is 56.7 Å². The van der Waals surface area contributed by atoms with Crippen LogP contribution in [0, 0.1) is 0 Å². The van der Waals surface area contributed by atoms with E-state index in [1.54, 1.807) is 4.57 Å². The molecule has 0 amide bonds. The summed E-state index contributed by atoms with van der Waals surface area (Å²) in [6, 6.07) is 9.81. The van der Waals surface area contributed by atoms with Crippen LogP contribution < -0.4 is 16.8 Å². The second-order valence-corrected chi connectivity index (χ2v) is 7.97. The fraction of sp³-hybridized carbons (Fsp3) is 0.333. The SMILES string of the molecule is CC1(C)Cc2c(sc3c(=O)n(Cc4ccccc4)c(NN)nc23)CO1. The van der Waals surface area contributed by atoms with Crippen molar-refractivity contribution in [2.24, 2.45) is 5.84 Å². The average Bonchev–Trinajstić information content (AvgIpc) is 2.95. The lowest BCUT2D eigenvalue weighted by atomic mass is 9.95. The molecule has 0 bridgehead atoms. The molecule has 1 aliphatic heterocycles. The number of thiophene rings is 1. The molecule has 4 rings (SSSR count). The predicted molar refractivity (Wildman–Crippen MR) is 99.8 cm³/mol. The van der Waals surface area contributed by atoms with Gasteiger partial charge in [0.25, 0.3) is 5.56 Å². The molecule has 3 N–H and O–H groups in total. The largest absolute Gasteiger partial charge is 0.370 e. The molecule has 0 saturated heterocycles. The number of anilines is 1. The second-order valence-electron chi connectivity index (χ2n) is 6.86. The van der Waals surface area contributed by atoms with E-state index >= 15 is 0 Å². The molecule has 7 heteroatoms. The number of nitrogen functional groups attached to an aromatic ring is 1. The van der Waals surface area contributed by atoms with Crippen LogP contribution >= 0.6 is 11.3 Å². The first kappa shape index (κ1) is 16.3. The molecular formula is C18H20N4O2S. The molecule has 0 aliphatic carbocycles. The van der Waals surface area contributed by atoms with E-state index < -0.39 is 0 Å². The van der Waals surface area contributed by atoms with E-state index in [2.05, 4.69) is 24.3 Å². The van der Waals surface area contributed by atoms with Crippen molar-refractivity contribution in [2.75, 3.05) is 5.43 Å². The highest BCUT2D eigenvalue weighted by Gasteiger charge is 2.31. The van der Waals surface area contributed by atoms with E-state index in [0.29, 0.717) is 23.8 Å². The topological polar surface area (TPSA) is 82.2 Å². The maximum absolute atomic E-state index is 13.1. The number of fused-ring (bicyclic) bond motifs is 3. The molecule has 3 aromatic rings. The van der Waals surface area contributed by atoms with E-state index in [1.165, 1.54) is 11.3 Å². The lowest BCUT2D eigenvalue weighted by Crippen LogP contribution is -2.31. The zero-order chi connectivity index (χ0) is 17.6. The third kappa shape index (κ3) is 2.84. The Labute approximate surface area is 149 Å². The number of nitrogens with two attached hydrogens (primary N) is 1. The van der Waals surface area contributed by atoms with Gasteiger partial charge >= 0.3 is 0 Å². The summed E-state index contributed by atoms with van der Waals surface area (Å²) in [7, 11) is 0. The van der Waals surface area contributed by atoms with E-state index in [1.807, 2.05) is 30.3 Å². The van der Waals surface area contributed by atoms with Crippen molar-refractivity contribution in [1.29, 1.82) is 0 Å². The van der Waals surface area contributed by atoms with Gasteiger partial charge in [-0.3, -0.25) is 14.8 Å². The number of hydrogen-bond acceptors (Lipinski definition) is 6. The Bertz CT molecular complexity index is 992. The van der Waals surface area contributed by atoms with Crippen LogP contribution in [0.15, 0.2) is 35.1 Å². The van der Waals surface area contributed by atoms with Gasteiger partial charge in [0.05, 0.1) is 24.3 Å². The molecule has 0 fully saturated rings. The minimum atomic E-state index is -0.252. The van der Waals surface area contributed by atoms with E-state index in [-0.39, 0.29) is 11.2 Å². The Morgan fingerprint density at radius 1 is 1.36 bits per heavy atom. The summed E-state index contributed by atoms with van der Waals surface area (Å²) < 4.78 is 8.13. The molecule has 0 radical (unpaired) electrons. The summed E-state index contributed by atoms with van der Waals surface area (Å²) in [4.78, 5) is 18.8. The first-order chi connectivity index (χ1) is 12.0. The summed E-state index contributed by atoms with van der Waals surface area (Å²) in [5.41, 5.74) is 5.15. The van der Waals surface area contributed by atoms with Crippen molar-refractivity contribution in [3.63, 3.8) is 0 Å². The van der Waals surface area contributed by atoms with Crippen molar-refractivity contribution in [3.8, 4) is 0 Å². The van der Waals surface area contributed by atoms with Gasteiger partial charge in [-0.2, -0.15) is 0 Å². The van der Waals surface area contributed by atoms with Gasteiger partial charge in [-0.05, 0) is 25.0 Å². The summed E-state index contributed by atoms with van der Waals surface area (Å²) in [5, 5.41) is 0. The Hall–Kier alpha value is -2.22. The number of benzene rings is 1. The van der Waals surface area contributed by atoms with Crippen LogP contribution in [0.1, 0.15) is 29.9 Å². The minimum Gasteiger partial charge on any atom is -0.370 e. The molecule has 0 atom stereocenters. The van der Waals surface area contributed by atoms with Gasteiger partial charge in [0.2, 0.25) is 5.95 Å². The smallest absolute Gasteiger partial charge is 0.273 e. The van der Waals surface area contributed by atoms with Gasteiger partial charge in [0, 0.05) is 11.3 Å². The summed E-state index contributed by atoms with van der Waals surface area (Å²) >= 11 is 1.48. The third-order valence-corrected chi connectivity index (χ3v) is 5.67. The average molecular weight is 356 g/mol. The molecule has 2 aromatic heterocycles. The molecule has 1 aliphatic rings. The molecule has 25 heavy (non-hydrogen) atoms. The minimum absolute atomic E-state index is 0.0704. The van der Waals surface area contributed by atoms with Crippen LogP contribution in [0.4, 0.5) is 5.95 Å². The molecule has 130 valence electrons. The number of hydrazine groups is 1. The lowest BCUT2D eigenvalue weighted by molar-refractivity contribution is -0.0379. The second kappa shape index (κ2) is 5.94. The number of ether oxygens (including phenoxy) is 1. The molecule has 0 unspecified atom stereocenters. The van der Waals surface area contributed by atoms with Gasteiger partial charge in [-0.1, -0.05) is 30.3 Å². The van der Waals surface area contributed by atoms with E-state index in [4.69, 9.17) is 10.6 Å². The lowest BCUT2D eigenvalue weighted by Gasteiger charge is -2.29. The van der Waals surface area contributed by atoms with Crippen molar-refractivity contribution in [2.45, 2.75) is 39.0 Å². The molecule has 1 aromatic carbocycles. The van der Waals surface area contributed by atoms with Crippen molar-refractivity contribution in [1.82, 2.24) is 9.55 Å². The van der Waals surface area contributed by atoms with Gasteiger partial charge in [-0.25, -0.2) is 10.8 Å². The first-order valence-electron chi connectivity index (χ1n) is 8.18. The van der Waals surface area contributed by atoms with E-state index in [9.17, 15) is 4.79 Å². The summed E-state index contributed by atoms with van der Waals surface area (Å²) in [6.45, 7) is 5.05. The number of aromatic nitrogens is 2. The van der Waals surface area contributed by atoms with Gasteiger partial charge < -0.3 is 4.74 Å². The molecule has 0 saturated carbocycles. The maximum atomic E-state index is 13.1. The summed E-state index contributed by atoms with van der Waals surface area (Å²) in [5.74, 6) is 6.05. The van der Waals surface area contributed by atoms with Crippen LogP contribution in [0.5, 0.6) is 0 Å². The number of nitrogens with one attached hydrogen (secondary N) is 1. The fourth-order valence-corrected chi connectivity index (χ4v) is 4.33. The van der Waals surface area contributed by atoms with E-state index in [0.717, 1.165) is 27.9 Å². The van der Waals surface area contributed by atoms with Gasteiger partial charge in [0.15, 0.2) is 0 Å². The fourth-order valence-electron chi connectivity index (χ4n) is 3.21. The van der Waals surface area contributed by atoms with Gasteiger partial charge in [0.1, 0.15) is 4.70 Å². The maximum Gasteiger partial charge on any atom is 0.273 e. The third-order valence-electron chi connectivity index (χ3n) is 4.48. The zero-order valence-corrected chi connectivity index (χ0v) is 15.0. The standard InChI is InChI=1S/C18H20N4O2S/c1-18(2)8-12-13(10-24-18)25-15-14(12)20-17(21-19)22(16(15)23)9-11-6-4-3-5-7-11/h3-7H,8-10,19H2,1-2H3,(H,20,21). The number of rotatable bonds is 3. The quantitative estimate of drug-likeness (QED) is 0.557.